The van der Waals surface area contributed by atoms with Crippen molar-refractivity contribution in [2.45, 2.75) is 38.6 Å². The molecule has 2 rings (SSSR count). The number of carbonyl (C=O) groups excluding carboxylic acids is 1. The lowest BCUT2D eigenvalue weighted by molar-refractivity contribution is -0.131. The number of hydrogen-bond donors (Lipinski definition) is 0. The first kappa shape index (κ1) is 12.4. The Hall–Kier alpha value is -1.02. The van der Waals surface area contributed by atoms with Crippen molar-refractivity contribution >= 4 is 17.5 Å². The monoisotopic (exact) mass is 251 g/mol. The molecule has 0 aliphatic heterocycles. The van der Waals surface area contributed by atoms with E-state index in [-0.39, 0.29) is 5.91 Å². The highest BCUT2D eigenvalue weighted by Gasteiger charge is 2.31. The lowest BCUT2D eigenvalue weighted by Crippen LogP contribution is -2.35. The molecule has 1 amide bonds. The molecule has 1 aromatic carbocycles. The molecule has 0 atom stereocenters. The highest BCUT2D eigenvalue weighted by atomic mass is 35.5. The van der Waals surface area contributed by atoms with E-state index in [1.165, 1.54) is 0 Å². The van der Waals surface area contributed by atoms with Gasteiger partial charge in [-0.3, -0.25) is 4.79 Å². The zero-order valence-electron chi connectivity index (χ0n) is 10.2. The predicted molar refractivity (Wildman–Crippen MR) is 70.2 cm³/mol. The van der Waals surface area contributed by atoms with Crippen molar-refractivity contribution in [3.05, 3.63) is 34.9 Å². The van der Waals surface area contributed by atoms with Crippen molar-refractivity contribution in [1.82, 2.24) is 4.90 Å². The van der Waals surface area contributed by atoms with Crippen LogP contribution in [0, 0.1) is 0 Å². The Bertz CT molecular complexity index is 401. The third-order valence-electron chi connectivity index (χ3n) is 3.07. The van der Waals surface area contributed by atoms with E-state index < -0.39 is 0 Å². The van der Waals surface area contributed by atoms with Gasteiger partial charge in [0, 0.05) is 17.6 Å². The highest BCUT2D eigenvalue weighted by molar-refractivity contribution is 6.31. The molecule has 1 aliphatic carbocycles. The van der Waals surface area contributed by atoms with Gasteiger partial charge in [0.15, 0.2) is 0 Å². The van der Waals surface area contributed by atoms with Gasteiger partial charge in [0.1, 0.15) is 0 Å². The van der Waals surface area contributed by atoms with Crippen molar-refractivity contribution in [2.75, 3.05) is 6.54 Å². The largest absolute Gasteiger partial charge is 0.339 e. The zero-order chi connectivity index (χ0) is 12.3. The summed E-state index contributed by atoms with van der Waals surface area (Å²) in [6, 6.07) is 8.07. The molecule has 0 unspecified atom stereocenters. The molecule has 1 saturated carbocycles. The molecule has 0 heterocycles. The molecular formula is C14H18ClNO. The van der Waals surface area contributed by atoms with Crippen LogP contribution in [0.4, 0.5) is 0 Å². The Labute approximate surface area is 108 Å². The Morgan fingerprint density at radius 1 is 1.41 bits per heavy atom. The maximum Gasteiger partial charge on any atom is 0.227 e. The molecular weight excluding hydrogens is 234 g/mol. The van der Waals surface area contributed by atoms with Gasteiger partial charge in [-0.05, 0) is 30.9 Å². The molecule has 1 aromatic rings. The van der Waals surface area contributed by atoms with Gasteiger partial charge in [0.05, 0.1) is 6.42 Å². The highest BCUT2D eigenvalue weighted by Crippen LogP contribution is 2.28. The van der Waals surface area contributed by atoms with Gasteiger partial charge < -0.3 is 4.90 Å². The minimum Gasteiger partial charge on any atom is -0.339 e. The van der Waals surface area contributed by atoms with E-state index in [0.29, 0.717) is 17.5 Å². The normalized spacial score (nSPS) is 14.7. The lowest BCUT2D eigenvalue weighted by atomic mass is 10.1. The number of rotatable bonds is 5. The van der Waals surface area contributed by atoms with E-state index in [1.54, 1.807) is 0 Å². The van der Waals surface area contributed by atoms with E-state index >= 15 is 0 Å². The average molecular weight is 252 g/mol. The molecule has 0 aromatic heterocycles. The van der Waals surface area contributed by atoms with Crippen LogP contribution in [-0.4, -0.2) is 23.4 Å². The summed E-state index contributed by atoms with van der Waals surface area (Å²) in [5.41, 5.74) is 0.931. The second-order valence-corrected chi connectivity index (χ2v) is 4.99. The summed E-state index contributed by atoms with van der Waals surface area (Å²) in [7, 11) is 0. The van der Waals surface area contributed by atoms with Crippen LogP contribution in [0.5, 0.6) is 0 Å². The Balaban J connectivity index is 2.02. The Kier molecular flexibility index (Phi) is 4.06. The smallest absolute Gasteiger partial charge is 0.227 e. The third kappa shape index (κ3) is 3.22. The number of amides is 1. The van der Waals surface area contributed by atoms with Crippen LogP contribution in [0.2, 0.25) is 5.02 Å². The third-order valence-corrected chi connectivity index (χ3v) is 3.44. The summed E-state index contributed by atoms with van der Waals surface area (Å²) in [5.74, 6) is 0.211. The SMILES string of the molecule is CCCN(C(=O)Cc1ccccc1Cl)C1CC1. The summed E-state index contributed by atoms with van der Waals surface area (Å²) in [4.78, 5) is 14.2. The first-order valence-corrected chi connectivity index (χ1v) is 6.63. The maximum atomic E-state index is 12.2. The first-order chi connectivity index (χ1) is 8.22. The molecule has 0 spiro atoms. The minimum absolute atomic E-state index is 0.211. The standard InChI is InChI=1S/C14H18ClNO/c1-2-9-16(12-7-8-12)14(17)10-11-5-3-4-6-13(11)15/h3-6,12H,2,7-10H2,1H3. The van der Waals surface area contributed by atoms with Crippen molar-refractivity contribution in [3.63, 3.8) is 0 Å². The average Bonchev–Trinajstić information content (AvgIpc) is 3.13. The maximum absolute atomic E-state index is 12.2. The number of nitrogens with zero attached hydrogens (tertiary/aromatic N) is 1. The van der Waals surface area contributed by atoms with Gasteiger partial charge in [-0.1, -0.05) is 36.7 Å². The molecule has 0 saturated heterocycles. The van der Waals surface area contributed by atoms with Crippen LogP contribution < -0.4 is 0 Å². The molecule has 1 aliphatic rings. The van der Waals surface area contributed by atoms with E-state index in [0.717, 1.165) is 31.4 Å². The van der Waals surface area contributed by atoms with Gasteiger partial charge in [-0.2, -0.15) is 0 Å². The summed E-state index contributed by atoms with van der Waals surface area (Å²) in [5, 5.41) is 0.688. The molecule has 3 heteroatoms. The number of halogens is 1. The fourth-order valence-electron chi connectivity index (χ4n) is 2.04. The number of carbonyl (C=O) groups is 1. The van der Waals surface area contributed by atoms with E-state index in [1.807, 2.05) is 29.2 Å². The van der Waals surface area contributed by atoms with Gasteiger partial charge in [0.25, 0.3) is 0 Å². The zero-order valence-corrected chi connectivity index (χ0v) is 10.9. The Morgan fingerprint density at radius 2 is 2.12 bits per heavy atom. The first-order valence-electron chi connectivity index (χ1n) is 6.25. The topological polar surface area (TPSA) is 20.3 Å². The van der Waals surface area contributed by atoms with Crippen molar-refractivity contribution < 1.29 is 4.79 Å². The number of benzene rings is 1. The van der Waals surface area contributed by atoms with E-state index in [2.05, 4.69) is 6.92 Å². The minimum atomic E-state index is 0.211. The van der Waals surface area contributed by atoms with Crippen molar-refractivity contribution in [3.8, 4) is 0 Å². The second kappa shape index (κ2) is 5.54. The van der Waals surface area contributed by atoms with Crippen LogP contribution in [0.25, 0.3) is 0 Å². The summed E-state index contributed by atoms with van der Waals surface area (Å²) in [6.45, 7) is 2.98. The van der Waals surface area contributed by atoms with Crippen molar-refractivity contribution in [1.29, 1.82) is 0 Å². The van der Waals surface area contributed by atoms with Gasteiger partial charge in [0.2, 0.25) is 5.91 Å². The van der Waals surface area contributed by atoms with Gasteiger partial charge in [-0.15, -0.1) is 0 Å². The summed E-state index contributed by atoms with van der Waals surface area (Å²) < 4.78 is 0. The summed E-state index contributed by atoms with van der Waals surface area (Å²) in [6.07, 6.45) is 3.77. The Morgan fingerprint density at radius 3 is 2.71 bits per heavy atom. The van der Waals surface area contributed by atoms with E-state index in [4.69, 9.17) is 11.6 Å². The molecule has 92 valence electrons. The van der Waals surface area contributed by atoms with E-state index in [9.17, 15) is 4.79 Å². The molecule has 0 radical (unpaired) electrons. The molecule has 0 bridgehead atoms. The quantitative estimate of drug-likeness (QED) is 0.787. The van der Waals surface area contributed by atoms with Crippen LogP contribution in [-0.2, 0) is 11.2 Å². The summed E-state index contributed by atoms with van der Waals surface area (Å²) >= 11 is 6.07. The van der Waals surface area contributed by atoms with Crippen LogP contribution in [0.3, 0.4) is 0 Å². The fraction of sp³-hybridized carbons (Fsp3) is 0.500. The second-order valence-electron chi connectivity index (χ2n) is 4.59. The fourth-order valence-corrected chi connectivity index (χ4v) is 2.25. The number of hydrogen-bond acceptors (Lipinski definition) is 1. The predicted octanol–water partition coefficient (Wildman–Crippen LogP) is 3.28. The van der Waals surface area contributed by atoms with Crippen LogP contribution in [0.1, 0.15) is 31.7 Å². The van der Waals surface area contributed by atoms with Gasteiger partial charge >= 0.3 is 0 Å². The van der Waals surface area contributed by atoms with Gasteiger partial charge in [-0.25, -0.2) is 0 Å². The van der Waals surface area contributed by atoms with Crippen molar-refractivity contribution in [2.24, 2.45) is 0 Å². The lowest BCUT2D eigenvalue weighted by Gasteiger charge is -2.22. The van der Waals surface area contributed by atoms with Crippen LogP contribution in [0.15, 0.2) is 24.3 Å². The molecule has 2 nitrogen and oxygen atoms in total. The molecule has 17 heavy (non-hydrogen) atoms. The molecule has 1 fully saturated rings. The molecule has 0 N–H and O–H groups in total. The van der Waals surface area contributed by atoms with Crippen LogP contribution >= 0.6 is 11.6 Å².